The molecule has 1 N–H and O–H groups in total. The summed E-state index contributed by atoms with van der Waals surface area (Å²) in [5, 5.41) is 2.69. The van der Waals surface area contributed by atoms with Crippen molar-refractivity contribution in [2.45, 2.75) is 26.3 Å². The van der Waals surface area contributed by atoms with E-state index < -0.39 is 11.6 Å². The molecule has 0 saturated heterocycles. The zero-order valence-electron chi connectivity index (χ0n) is 9.80. The number of hydrogen-bond acceptors (Lipinski definition) is 2. The first-order valence-corrected chi connectivity index (χ1v) is 5.40. The van der Waals surface area contributed by atoms with E-state index in [4.69, 9.17) is 4.74 Å². The third-order valence-corrected chi connectivity index (χ3v) is 2.28. The Balaban J connectivity index is 2.45. The maximum Gasteiger partial charge on any atom is 0.258 e. The van der Waals surface area contributed by atoms with Crippen LogP contribution in [0.4, 0.5) is 8.78 Å². The summed E-state index contributed by atoms with van der Waals surface area (Å²) in [6.07, 6.45) is 0.816. The molecule has 1 aromatic rings. The lowest BCUT2D eigenvalue weighted by atomic mass is 10.2. The summed E-state index contributed by atoms with van der Waals surface area (Å²) in [4.78, 5) is 11.3. The van der Waals surface area contributed by atoms with Crippen LogP contribution in [0.1, 0.15) is 20.3 Å². The van der Waals surface area contributed by atoms with Crippen LogP contribution in [0.2, 0.25) is 0 Å². The van der Waals surface area contributed by atoms with Crippen molar-refractivity contribution in [2.75, 3.05) is 6.61 Å². The van der Waals surface area contributed by atoms with Gasteiger partial charge in [-0.15, -0.1) is 0 Å². The normalized spacial score (nSPS) is 12.0. The fraction of sp³-hybridized carbons (Fsp3) is 0.417. The number of carbonyl (C=O) groups excluding carboxylic acids is 1. The molecule has 1 aromatic carbocycles. The Kier molecular flexibility index (Phi) is 4.87. The van der Waals surface area contributed by atoms with Crippen LogP contribution in [0, 0.1) is 11.6 Å². The van der Waals surface area contributed by atoms with Crippen LogP contribution < -0.4 is 10.1 Å². The molecule has 0 fully saturated rings. The first-order valence-electron chi connectivity index (χ1n) is 5.40. The van der Waals surface area contributed by atoms with Crippen LogP contribution in [-0.4, -0.2) is 18.6 Å². The van der Waals surface area contributed by atoms with Crippen LogP contribution in [0.5, 0.6) is 5.75 Å². The summed E-state index contributed by atoms with van der Waals surface area (Å²) in [6.45, 7) is 3.60. The Morgan fingerprint density at radius 3 is 2.71 bits per heavy atom. The molecule has 5 heteroatoms. The van der Waals surface area contributed by atoms with Gasteiger partial charge in [-0.1, -0.05) is 6.92 Å². The summed E-state index contributed by atoms with van der Waals surface area (Å²) in [5.74, 6) is -2.10. The smallest absolute Gasteiger partial charge is 0.258 e. The lowest BCUT2D eigenvalue weighted by Crippen LogP contribution is -2.35. The van der Waals surface area contributed by atoms with Crippen molar-refractivity contribution >= 4 is 5.91 Å². The van der Waals surface area contributed by atoms with Crippen molar-refractivity contribution in [2.24, 2.45) is 0 Å². The first-order chi connectivity index (χ1) is 8.02. The molecule has 0 aromatic heterocycles. The topological polar surface area (TPSA) is 38.3 Å². The summed E-state index contributed by atoms with van der Waals surface area (Å²) < 4.78 is 30.4. The minimum absolute atomic E-state index is 0.0658. The van der Waals surface area contributed by atoms with Gasteiger partial charge in [0.1, 0.15) is 5.75 Å². The molecule has 17 heavy (non-hydrogen) atoms. The van der Waals surface area contributed by atoms with Gasteiger partial charge >= 0.3 is 0 Å². The highest BCUT2D eigenvalue weighted by molar-refractivity contribution is 5.77. The SMILES string of the molecule is CCC(C)NC(=O)COc1ccc(F)c(F)c1. The van der Waals surface area contributed by atoms with Crippen LogP contribution in [0.25, 0.3) is 0 Å². The van der Waals surface area contributed by atoms with Crippen molar-refractivity contribution in [3.05, 3.63) is 29.8 Å². The van der Waals surface area contributed by atoms with Gasteiger partial charge in [-0.25, -0.2) is 8.78 Å². The monoisotopic (exact) mass is 243 g/mol. The quantitative estimate of drug-likeness (QED) is 0.861. The number of benzene rings is 1. The molecule has 0 aliphatic heterocycles. The molecule has 0 radical (unpaired) electrons. The van der Waals surface area contributed by atoms with E-state index >= 15 is 0 Å². The molecule has 0 saturated carbocycles. The van der Waals surface area contributed by atoms with Crippen LogP contribution >= 0.6 is 0 Å². The van der Waals surface area contributed by atoms with Crippen molar-refractivity contribution in [1.82, 2.24) is 5.32 Å². The van der Waals surface area contributed by atoms with Gasteiger partial charge in [-0.05, 0) is 25.5 Å². The molecule has 1 atom stereocenters. The molecule has 0 heterocycles. The third kappa shape index (κ3) is 4.38. The van der Waals surface area contributed by atoms with E-state index in [1.807, 2.05) is 13.8 Å². The molecule has 1 unspecified atom stereocenters. The molecule has 1 amide bonds. The highest BCUT2D eigenvalue weighted by Crippen LogP contribution is 2.15. The average molecular weight is 243 g/mol. The van der Waals surface area contributed by atoms with E-state index in [1.54, 1.807) is 0 Å². The minimum atomic E-state index is -0.996. The third-order valence-electron chi connectivity index (χ3n) is 2.28. The molecule has 0 aliphatic rings. The van der Waals surface area contributed by atoms with E-state index in [2.05, 4.69) is 5.32 Å². The second-order valence-corrected chi connectivity index (χ2v) is 3.74. The van der Waals surface area contributed by atoms with Gasteiger partial charge in [0, 0.05) is 12.1 Å². The Bertz CT molecular complexity index is 396. The van der Waals surface area contributed by atoms with Gasteiger partial charge in [0.05, 0.1) is 0 Å². The zero-order valence-corrected chi connectivity index (χ0v) is 9.80. The van der Waals surface area contributed by atoms with E-state index in [0.717, 1.165) is 18.6 Å². The summed E-state index contributed by atoms with van der Waals surface area (Å²) in [5.41, 5.74) is 0. The Morgan fingerprint density at radius 1 is 1.41 bits per heavy atom. The molecule has 3 nitrogen and oxygen atoms in total. The van der Waals surface area contributed by atoms with E-state index in [9.17, 15) is 13.6 Å². The van der Waals surface area contributed by atoms with Crippen molar-refractivity contribution in [1.29, 1.82) is 0 Å². The number of nitrogens with one attached hydrogen (secondary N) is 1. The number of amides is 1. The Labute approximate surface area is 98.8 Å². The second kappa shape index (κ2) is 6.18. The lowest BCUT2D eigenvalue weighted by molar-refractivity contribution is -0.123. The predicted octanol–water partition coefficient (Wildman–Crippen LogP) is 2.26. The van der Waals surface area contributed by atoms with Crippen molar-refractivity contribution < 1.29 is 18.3 Å². The van der Waals surface area contributed by atoms with E-state index in [-0.39, 0.29) is 24.3 Å². The largest absolute Gasteiger partial charge is 0.484 e. The standard InChI is InChI=1S/C12H15F2NO2/c1-3-8(2)15-12(16)7-17-9-4-5-10(13)11(14)6-9/h4-6,8H,3,7H2,1-2H3,(H,15,16). The van der Waals surface area contributed by atoms with Crippen LogP contribution in [0.3, 0.4) is 0 Å². The van der Waals surface area contributed by atoms with Crippen LogP contribution in [-0.2, 0) is 4.79 Å². The second-order valence-electron chi connectivity index (χ2n) is 3.74. The lowest BCUT2D eigenvalue weighted by Gasteiger charge is -2.12. The number of ether oxygens (including phenoxy) is 1. The average Bonchev–Trinajstić information content (AvgIpc) is 2.30. The van der Waals surface area contributed by atoms with Gasteiger partial charge in [0.2, 0.25) is 0 Å². The molecular weight excluding hydrogens is 228 g/mol. The van der Waals surface area contributed by atoms with E-state index in [0.29, 0.717) is 0 Å². The molecule has 0 spiro atoms. The Hall–Kier alpha value is -1.65. The molecular formula is C12H15F2NO2. The molecule has 0 aliphatic carbocycles. The summed E-state index contributed by atoms with van der Waals surface area (Å²) >= 11 is 0. The highest BCUT2D eigenvalue weighted by atomic mass is 19.2. The van der Waals surface area contributed by atoms with Crippen LogP contribution in [0.15, 0.2) is 18.2 Å². The number of hydrogen-bond donors (Lipinski definition) is 1. The van der Waals surface area contributed by atoms with Gasteiger partial charge in [-0.3, -0.25) is 4.79 Å². The fourth-order valence-electron chi connectivity index (χ4n) is 1.13. The zero-order chi connectivity index (χ0) is 12.8. The first kappa shape index (κ1) is 13.4. The van der Waals surface area contributed by atoms with Gasteiger partial charge in [-0.2, -0.15) is 0 Å². The predicted molar refractivity (Wildman–Crippen MR) is 59.7 cm³/mol. The van der Waals surface area contributed by atoms with Gasteiger partial charge < -0.3 is 10.1 Å². The number of rotatable bonds is 5. The number of carbonyl (C=O) groups is 1. The maximum atomic E-state index is 12.8. The van der Waals surface area contributed by atoms with Crippen molar-refractivity contribution in [3.63, 3.8) is 0 Å². The number of halogens is 2. The molecule has 0 bridgehead atoms. The van der Waals surface area contributed by atoms with Gasteiger partial charge in [0.25, 0.3) is 5.91 Å². The molecule has 1 rings (SSSR count). The maximum absolute atomic E-state index is 12.8. The molecule has 94 valence electrons. The summed E-state index contributed by atoms with van der Waals surface area (Å²) in [6, 6.07) is 3.20. The van der Waals surface area contributed by atoms with Gasteiger partial charge in [0.15, 0.2) is 18.2 Å². The Morgan fingerprint density at radius 2 is 2.12 bits per heavy atom. The highest BCUT2D eigenvalue weighted by Gasteiger charge is 2.08. The minimum Gasteiger partial charge on any atom is -0.484 e. The van der Waals surface area contributed by atoms with Crippen molar-refractivity contribution in [3.8, 4) is 5.75 Å². The van der Waals surface area contributed by atoms with E-state index in [1.165, 1.54) is 6.07 Å². The summed E-state index contributed by atoms with van der Waals surface area (Å²) in [7, 11) is 0. The fourth-order valence-corrected chi connectivity index (χ4v) is 1.13.